The Labute approximate surface area is 542 Å². The summed E-state index contributed by atoms with van der Waals surface area (Å²) < 4.78 is 34.2. The monoisotopic (exact) mass is 1280 g/mol. The third-order valence-electron chi connectivity index (χ3n) is 15.7. The summed E-state index contributed by atoms with van der Waals surface area (Å²) in [5.74, 6) is -0.297. The van der Waals surface area contributed by atoms with Crippen molar-refractivity contribution in [3.63, 3.8) is 0 Å². The Morgan fingerprint density at radius 3 is 1.16 bits per heavy atom. The minimum Gasteiger partial charge on any atom is -0.394 e. The highest BCUT2D eigenvalue weighted by molar-refractivity contribution is 5.76. The largest absolute Gasteiger partial charge is 0.394 e. The lowest BCUT2D eigenvalue weighted by Crippen LogP contribution is -2.66. The van der Waals surface area contributed by atoms with E-state index in [1.165, 1.54) is 0 Å². The molecule has 12 N–H and O–H groups in total. The quantitative estimate of drug-likeness (QED) is 0.0201. The van der Waals surface area contributed by atoms with E-state index in [4.69, 9.17) is 28.4 Å². The van der Waals surface area contributed by atoms with E-state index in [1.54, 1.807) is 0 Å². The fourth-order valence-electron chi connectivity index (χ4n) is 10.2. The second-order valence-electron chi connectivity index (χ2n) is 23.2. The van der Waals surface area contributed by atoms with Crippen molar-refractivity contribution in [3.05, 3.63) is 146 Å². The van der Waals surface area contributed by atoms with Crippen LogP contribution in [0.1, 0.15) is 168 Å². The second-order valence-corrected chi connectivity index (χ2v) is 23.2. The summed E-state index contributed by atoms with van der Waals surface area (Å²) in [6.45, 7) is 1.54. The first-order valence-electron chi connectivity index (χ1n) is 33.6. The number of ether oxygens (including phenoxy) is 6. The van der Waals surface area contributed by atoms with Gasteiger partial charge in [0.15, 0.2) is 18.9 Å². The summed E-state index contributed by atoms with van der Waals surface area (Å²) in [6, 6.07) is -0.918. The number of amides is 1. The van der Waals surface area contributed by atoms with Gasteiger partial charge in [-0.3, -0.25) is 4.79 Å². The Kier molecular flexibility index (Phi) is 46.2. The van der Waals surface area contributed by atoms with Crippen molar-refractivity contribution in [2.75, 3.05) is 26.4 Å². The van der Waals surface area contributed by atoms with Gasteiger partial charge in [-0.2, -0.15) is 0 Å². The molecule has 3 aliphatic heterocycles. The fraction of sp³-hybridized carbons (Fsp3) is 0.653. The molecule has 19 nitrogen and oxygen atoms in total. The SMILES string of the molecule is CC/C=C\C/C=C\C/C=C\C/C=C\C/C=C\C/C=C\C/C=C\C/C=C\C/C=C\C/C=C\C/C=C\C/C=C\CCCCC(=O)NC(COC1OC(CO)C(OC2OC(CO)C(OC3OC(CO)C(O)C(O)C3O)C(O)C2O)C(O)C1O)C(O)CCCCCCCCC. The number of hydrogen-bond donors (Lipinski definition) is 12. The van der Waals surface area contributed by atoms with Gasteiger partial charge < -0.3 is 89.9 Å². The number of nitrogens with one attached hydrogen (secondary N) is 1. The Balaban J connectivity index is 1.33. The summed E-state index contributed by atoms with van der Waals surface area (Å²) >= 11 is 0. The number of allylic oxidation sites excluding steroid dienone is 24. The maximum absolute atomic E-state index is 13.3. The van der Waals surface area contributed by atoms with E-state index >= 15 is 0 Å². The van der Waals surface area contributed by atoms with Gasteiger partial charge in [-0.05, 0) is 103 Å². The average molecular weight is 1280 g/mol. The first-order chi connectivity index (χ1) is 44.3. The molecule has 19 heteroatoms. The van der Waals surface area contributed by atoms with Crippen molar-refractivity contribution in [2.45, 2.75) is 272 Å². The molecule has 3 aliphatic rings. The molecule has 1 amide bonds. The third kappa shape index (κ3) is 34.1. The van der Waals surface area contributed by atoms with E-state index in [-0.39, 0.29) is 18.9 Å². The minimum atomic E-state index is -1.98. The molecule has 0 radical (unpaired) electrons. The minimum absolute atomic E-state index is 0.200. The van der Waals surface area contributed by atoms with Gasteiger partial charge in [-0.15, -0.1) is 0 Å². The maximum atomic E-state index is 13.3. The molecule has 0 aliphatic carbocycles. The zero-order valence-electron chi connectivity index (χ0n) is 54.2. The van der Waals surface area contributed by atoms with Crippen molar-refractivity contribution in [3.8, 4) is 0 Å². The molecular formula is C72H115NO18. The Bertz CT molecular complexity index is 2220. The van der Waals surface area contributed by atoms with Crippen LogP contribution in [0.2, 0.25) is 0 Å². The summed E-state index contributed by atoms with van der Waals surface area (Å²) in [7, 11) is 0. The van der Waals surface area contributed by atoms with E-state index in [9.17, 15) is 61.0 Å². The van der Waals surface area contributed by atoms with Crippen molar-refractivity contribution in [1.29, 1.82) is 0 Å². The number of aliphatic hydroxyl groups is 11. The predicted molar refractivity (Wildman–Crippen MR) is 355 cm³/mol. The van der Waals surface area contributed by atoms with Crippen LogP contribution >= 0.6 is 0 Å². The zero-order chi connectivity index (χ0) is 66.1. The van der Waals surface area contributed by atoms with Crippen LogP contribution in [0.4, 0.5) is 0 Å². The van der Waals surface area contributed by atoms with Crippen molar-refractivity contribution >= 4 is 5.91 Å². The standard InChI is InChI=1S/C72H115NO18/c1-3-5-7-9-11-12-13-14-15-16-17-18-19-20-21-22-23-24-25-26-27-28-29-30-31-32-33-34-35-36-37-38-39-40-41-42-44-46-48-50-60(78)73-55(56(77)49-47-45-43-10-8-6-4-2)54-86-70-66(84)63(81)68(58(52-75)88-70)91-72-67(85)64(82)69(59(53-76)89-72)90-71-65(83)62(80)61(79)57(51-74)87-71/h5,7,11-12,14-15,17-18,20-21,23-24,26-27,29-30,32-33,35-36,38-39,41-42,55-59,61-72,74-77,79-85H,3-4,6,8-10,13,16,19,22,25,28,31,34,37,40,43-54H2,1-2H3,(H,73,78)/b7-5-,12-11-,15-14-,18-17-,21-20-,24-23-,27-26-,30-29-,33-32-,36-35-,39-38-,42-41-. The van der Waals surface area contributed by atoms with Gasteiger partial charge >= 0.3 is 0 Å². The summed E-state index contributed by atoms with van der Waals surface area (Å²) in [6.07, 6.45) is 47.1. The van der Waals surface area contributed by atoms with E-state index in [2.05, 4.69) is 165 Å². The molecule has 516 valence electrons. The van der Waals surface area contributed by atoms with Crippen LogP contribution in [0, 0.1) is 0 Å². The molecule has 0 aromatic heterocycles. The lowest BCUT2D eigenvalue weighted by molar-refractivity contribution is -0.379. The first kappa shape index (κ1) is 80.9. The zero-order valence-corrected chi connectivity index (χ0v) is 54.2. The van der Waals surface area contributed by atoms with Gasteiger partial charge in [0.2, 0.25) is 5.91 Å². The molecular weight excluding hydrogens is 1170 g/mol. The van der Waals surface area contributed by atoms with E-state index in [0.29, 0.717) is 19.3 Å². The van der Waals surface area contributed by atoms with Crippen LogP contribution in [0.3, 0.4) is 0 Å². The molecule has 0 bridgehead atoms. The number of aliphatic hydroxyl groups excluding tert-OH is 11. The van der Waals surface area contributed by atoms with Crippen LogP contribution in [0.15, 0.2) is 146 Å². The van der Waals surface area contributed by atoms with Gasteiger partial charge in [-0.1, -0.05) is 205 Å². The molecule has 0 aromatic carbocycles. The number of carbonyl (C=O) groups is 1. The molecule has 3 rings (SSSR count). The van der Waals surface area contributed by atoms with Gasteiger partial charge in [0.05, 0.1) is 38.6 Å². The Hall–Kier alpha value is -4.33. The third-order valence-corrected chi connectivity index (χ3v) is 15.7. The lowest BCUT2D eigenvalue weighted by Gasteiger charge is -2.48. The second kappa shape index (κ2) is 52.0. The van der Waals surface area contributed by atoms with Gasteiger partial charge in [0.25, 0.3) is 0 Å². The number of carbonyl (C=O) groups excluding carboxylic acids is 1. The normalized spacial score (nSPS) is 28.8. The highest BCUT2D eigenvalue weighted by atomic mass is 16.8. The Morgan fingerprint density at radius 2 is 0.758 bits per heavy atom. The molecule has 17 unspecified atom stereocenters. The van der Waals surface area contributed by atoms with Crippen molar-refractivity contribution in [2.24, 2.45) is 0 Å². The van der Waals surface area contributed by atoms with Crippen LogP contribution in [0.25, 0.3) is 0 Å². The molecule has 0 aromatic rings. The first-order valence-corrected chi connectivity index (χ1v) is 33.6. The van der Waals surface area contributed by atoms with Gasteiger partial charge in [-0.25, -0.2) is 0 Å². The van der Waals surface area contributed by atoms with Crippen molar-refractivity contribution in [1.82, 2.24) is 5.32 Å². The molecule has 3 saturated heterocycles. The van der Waals surface area contributed by atoms with E-state index < -0.39 is 124 Å². The van der Waals surface area contributed by atoms with Crippen molar-refractivity contribution < 1.29 is 89.4 Å². The van der Waals surface area contributed by atoms with Crippen LogP contribution < -0.4 is 5.32 Å². The molecule has 3 fully saturated rings. The highest BCUT2D eigenvalue weighted by Gasteiger charge is 2.53. The molecule has 0 saturated carbocycles. The van der Waals surface area contributed by atoms with Crippen LogP contribution in [-0.4, -0.2) is 193 Å². The van der Waals surface area contributed by atoms with Gasteiger partial charge in [0.1, 0.15) is 73.2 Å². The van der Waals surface area contributed by atoms with E-state index in [1.807, 2.05) is 0 Å². The smallest absolute Gasteiger partial charge is 0.220 e. The number of rotatable bonds is 48. The summed E-state index contributed by atoms with van der Waals surface area (Å²) in [5.41, 5.74) is 0. The lowest BCUT2D eigenvalue weighted by atomic mass is 9.96. The molecule has 3 heterocycles. The fourth-order valence-corrected chi connectivity index (χ4v) is 10.2. The van der Waals surface area contributed by atoms with Crippen LogP contribution in [-0.2, 0) is 33.2 Å². The average Bonchev–Trinajstić information content (AvgIpc) is 1.40. The predicted octanol–water partition coefficient (Wildman–Crippen LogP) is 8.37. The van der Waals surface area contributed by atoms with E-state index in [0.717, 1.165) is 128 Å². The highest BCUT2D eigenvalue weighted by Crippen LogP contribution is 2.33. The topological polar surface area (TPSA) is 307 Å². The summed E-state index contributed by atoms with van der Waals surface area (Å²) in [4.78, 5) is 13.3. The molecule has 17 atom stereocenters. The summed E-state index contributed by atoms with van der Waals surface area (Å²) in [5, 5.41) is 120. The number of hydrogen-bond acceptors (Lipinski definition) is 18. The number of unbranched alkanes of at least 4 members (excludes halogenated alkanes) is 8. The van der Waals surface area contributed by atoms with Crippen LogP contribution in [0.5, 0.6) is 0 Å². The Morgan fingerprint density at radius 1 is 0.407 bits per heavy atom. The maximum Gasteiger partial charge on any atom is 0.220 e. The van der Waals surface area contributed by atoms with Gasteiger partial charge in [0, 0.05) is 6.42 Å². The molecule has 91 heavy (non-hydrogen) atoms. The molecule has 0 spiro atoms.